The van der Waals surface area contributed by atoms with E-state index >= 15 is 0 Å². The molecule has 0 fully saturated rings. The summed E-state index contributed by atoms with van der Waals surface area (Å²) in [5, 5.41) is 2.68. The number of carbonyl (C=O) groups is 2. The van der Waals surface area contributed by atoms with Gasteiger partial charge in [0.25, 0.3) is 5.91 Å². The molecular weight excluding hydrogens is 328 g/mol. The fraction of sp³-hybridized carbons (Fsp3) is 0.333. The Labute approximate surface area is 155 Å². The molecule has 0 saturated heterocycles. The van der Waals surface area contributed by atoms with Gasteiger partial charge in [0.1, 0.15) is 5.75 Å². The average molecular weight is 354 g/mol. The molecule has 0 aliphatic carbocycles. The van der Waals surface area contributed by atoms with Crippen LogP contribution in [0.4, 0.5) is 0 Å². The van der Waals surface area contributed by atoms with Crippen LogP contribution in [-0.4, -0.2) is 43.5 Å². The van der Waals surface area contributed by atoms with Crippen LogP contribution in [-0.2, 0) is 4.79 Å². The first-order valence-electron chi connectivity index (χ1n) is 8.74. The molecule has 2 amide bonds. The zero-order valence-corrected chi connectivity index (χ0v) is 15.6. The summed E-state index contributed by atoms with van der Waals surface area (Å²) < 4.78 is 5.61. The maximum atomic E-state index is 12.2. The van der Waals surface area contributed by atoms with Crippen molar-refractivity contribution in [2.24, 2.45) is 0 Å². The number of ether oxygens (including phenoxy) is 1. The number of para-hydroxylation sites is 1. The van der Waals surface area contributed by atoms with Gasteiger partial charge in [0.15, 0.2) is 0 Å². The Morgan fingerprint density at radius 3 is 2.46 bits per heavy atom. The van der Waals surface area contributed by atoms with Crippen molar-refractivity contribution in [3.05, 3.63) is 65.2 Å². The topological polar surface area (TPSA) is 58.6 Å². The van der Waals surface area contributed by atoms with Gasteiger partial charge in [-0.2, -0.15) is 0 Å². The Morgan fingerprint density at radius 2 is 1.77 bits per heavy atom. The van der Waals surface area contributed by atoms with E-state index < -0.39 is 0 Å². The third-order valence-electron chi connectivity index (χ3n) is 4.24. The minimum Gasteiger partial charge on any atom is -0.494 e. The standard InChI is InChI=1S/C21H26N2O3/c1-16-10-11-18(14-17(16)2)21(25)22-15-20(24)23(3)12-7-13-26-19-8-5-4-6-9-19/h4-6,8-11,14H,7,12-13,15H2,1-3H3,(H,22,25). The second-order valence-corrected chi connectivity index (χ2v) is 6.31. The third kappa shape index (κ3) is 5.92. The average Bonchev–Trinajstić information content (AvgIpc) is 2.65. The van der Waals surface area contributed by atoms with Crippen LogP contribution in [0.15, 0.2) is 48.5 Å². The van der Waals surface area contributed by atoms with Gasteiger partial charge in [0.2, 0.25) is 5.91 Å². The first-order chi connectivity index (χ1) is 12.5. The highest BCUT2D eigenvalue weighted by molar-refractivity contribution is 5.96. The zero-order chi connectivity index (χ0) is 18.9. The number of aryl methyl sites for hydroxylation is 2. The van der Waals surface area contributed by atoms with Crippen molar-refractivity contribution in [2.45, 2.75) is 20.3 Å². The minimum absolute atomic E-state index is 0.0121. The van der Waals surface area contributed by atoms with E-state index in [9.17, 15) is 9.59 Å². The van der Waals surface area contributed by atoms with Crippen LogP contribution in [0.1, 0.15) is 27.9 Å². The number of benzene rings is 2. The van der Waals surface area contributed by atoms with Crippen LogP contribution in [0.25, 0.3) is 0 Å². The number of hydrogen-bond donors (Lipinski definition) is 1. The molecule has 0 aliphatic rings. The Morgan fingerprint density at radius 1 is 1.04 bits per heavy atom. The molecule has 2 aromatic rings. The van der Waals surface area contributed by atoms with Gasteiger partial charge in [-0.15, -0.1) is 0 Å². The second-order valence-electron chi connectivity index (χ2n) is 6.31. The summed E-state index contributed by atoms with van der Waals surface area (Å²) in [5.41, 5.74) is 2.76. The van der Waals surface area contributed by atoms with Gasteiger partial charge >= 0.3 is 0 Å². The molecule has 0 unspecified atom stereocenters. The molecule has 138 valence electrons. The van der Waals surface area contributed by atoms with Crippen molar-refractivity contribution in [3.63, 3.8) is 0 Å². The van der Waals surface area contributed by atoms with Crippen molar-refractivity contribution in [1.82, 2.24) is 10.2 Å². The first kappa shape index (κ1) is 19.5. The number of nitrogens with one attached hydrogen (secondary N) is 1. The number of carbonyl (C=O) groups excluding carboxylic acids is 2. The molecule has 0 bridgehead atoms. The van der Waals surface area contributed by atoms with Crippen LogP contribution in [0.5, 0.6) is 5.75 Å². The zero-order valence-electron chi connectivity index (χ0n) is 15.6. The van der Waals surface area contributed by atoms with Gasteiger partial charge in [-0.3, -0.25) is 9.59 Å². The van der Waals surface area contributed by atoms with Gasteiger partial charge in [-0.25, -0.2) is 0 Å². The molecule has 0 heterocycles. The van der Waals surface area contributed by atoms with E-state index in [2.05, 4.69) is 5.32 Å². The monoisotopic (exact) mass is 354 g/mol. The summed E-state index contributed by atoms with van der Waals surface area (Å²) in [6.45, 7) is 5.06. The summed E-state index contributed by atoms with van der Waals surface area (Å²) in [4.78, 5) is 25.9. The Bertz CT molecular complexity index is 744. The highest BCUT2D eigenvalue weighted by atomic mass is 16.5. The number of nitrogens with zero attached hydrogens (tertiary/aromatic N) is 1. The lowest BCUT2D eigenvalue weighted by Gasteiger charge is -2.17. The number of rotatable bonds is 8. The third-order valence-corrected chi connectivity index (χ3v) is 4.24. The Balaban J connectivity index is 1.69. The largest absolute Gasteiger partial charge is 0.494 e. The molecule has 0 radical (unpaired) electrons. The molecular formula is C21H26N2O3. The molecule has 26 heavy (non-hydrogen) atoms. The van der Waals surface area contributed by atoms with Crippen LogP contribution in [0.2, 0.25) is 0 Å². The fourth-order valence-electron chi connectivity index (χ4n) is 2.41. The predicted molar refractivity (Wildman–Crippen MR) is 102 cm³/mol. The number of amides is 2. The van der Waals surface area contributed by atoms with Crippen molar-refractivity contribution >= 4 is 11.8 Å². The molecule has 5 nitrogen and oxygen atoms in total. The molecule has 0 saturated carbocycles. The van der Waals surface area contributed by atoms with Crippen molar-refractivity contribution in [2.75, 3.05) is 26.7 Å². The number of hydrogen-bond acceptors (Lipinski definition) is 3. The van der Waals surface area contributed by atoms with Crippen LogP contribution in [0, 0.1) is 13.8 Å². The van der Waals surface area contributed by atoms with Gasteiger partial charge in [-0.05, 0) is 55.7 Å². The van der Waals surface area contributed by atoms with Gasteiger partial charge in [-0.1, -0.05) is 24.3 Å². The highest BCUT2D eigenvalue weighted by Crippen LogP contribution is 2.10. The maximum absolute atomic E-state index is 12.2. The van der Waals surface area contributed by atoms with Crippen LogP contribution >= 0.6 is 0 Å². The van der Waals surface area contributed by atoms with E-state index in [-0.39, 0.29) is 18.4 Å². The molecule has 1 N–H and O–H groups in total. The first-order valence-corrected chi connectivity index (χ1v) is 8.74. The quantitative estimate of drug-likeness (QED) is 0.742. The molecule has 0 spiro atoms. The van der Waals surface area contributed by atoms with Crippen LogP contribution < -0.4 is 10.1 Å². The highest BCUT2D eigenvalue weighted by Gasteiger charge is 2.12. The lowest BCUT2D eigenvalue weighted by atomic mass is 10.1. The molecule has 0 aliphatic heterocycles. The smallest absolute Gasteiger partial charge is 0.251 e. The lowest BCUT2D eigenvalue weighted by molar-refractivity contribution is -0.128. The Kier molecular flexibility index (Phi) is 7.21. The van der Waals surface area contributed by atoms with Crippen LogP contribution in [0.3, 0.4) is 0 Å². The lowest BCUT2D eigenvalue weighted by Crippen LogP contribution is -2.38. The minimum atomic E-state index is -0.234. The fourth-order valence-corrected chi connectivity index (χ4v) is 2.41. The SMILES string of the molecule is Cc1ccc(C(=O)NCC(=O)N(C)CCCOc2ccccc2)cc1C. The van der Waals surface area contributed by atoms with E-state index in [4.69, 9.17) is 4.74 Å². The second kappa shape index (κ2) is 9.61. The molecule has 0 atom stereocenters. The molecule has 5 heteroatoms. The van der Waals surface area contributed by atoms with Gasteiger partial charge in [0.05, 0.1) is 13.2 Å². The van der Waals surface area contributed by atoms with E-state index in [1.54, 1.807) is 18.0 Å². The summed E-state index contributed by atoms with van der Waals surface area (Å²) in [6.07, 6.45) is 0.724. The van der Waals surface area contributed by atoms with E-state index in [0.29, 0.717) is 18.7 Å². The molecule has 2 aromatic carbocycles. The van der Waals surface area contributed by atoms with Crippen molar-refractivity contribution in [3.8, 4) is 5.75 Å². The van der Waals surface area contributed by atoms with E-state index in [1.165, 1.54) is 0 Å². The van der Waals surface area contributed by atoms with E-state index in [0.717, 1.165) is 23.3 Å². The van der Waals surface area contributed by atoms with Gasteiger partial charge < -0.3 is 15.0 Å². The van der Waals surface area contributed by atoms with Crippen molar-refractivity contribution in [1.29, 1.82) is 0 Å². The molecule has 2 rings (SSSR count). The van der Waals surface area contributed by atoms with Crippen molar-refractivity contribution < 1.29 is 14.3 Å². The number of likely N-dealkylation sites (N-methyl/N-ethyl adjacent to an activating group) is 1. The summed E-state index contributed by atoms with van der Waals surface area (Å²) in [7, 11) is 1.73. The molecule has 0 aromatic heterocycles. The Hall–Kier alpha value is -2.82. The van der Waals surface area contributed by atoms with E-state index in [1.807, 2.05) is 56.3 Å². The maximum Gasteiger partial charge on any atom is 0.251 e. The van der Waals surface area contributed by atoms with Gasteiger partial charge in [0, 0.05) is 19.2 Å². The summed E-state index contributed by atoms with van der Waals surface area (Å²) in [5.74, 6) is 0.464. The summed E-state index contributed by atoms with van der Waals surface area (Å²) in [6, 6.07) is 15.1. The predicted octanol–water partition coefficient (Wildman–Crippen LogP) is 2.96. The normalized spacial score (nSPS) is 10.3. The summed E-state index contributed by atoms with van der Waals surface area (Å²) >= 11 is 0.